The smallest absolute Gasteiger partial charge is 0.792 e. The molecule has 9 nitrogen and oxygen atoms in total. The van der Waals surface area contributed by atoms with Crippen LogP contribution in [0.2, 0.25) is 11.6 Å². The van der Waals surface area contributed by atoms with Crippen molar-refractivity contribution < 1.29 is 27.2 Å². The number of benzene rings is 1. The summed E-state index contributed by atoms with van der Waals surface area (Å²) in [5, 5.41) is 49.7. The molecule has 0 atom stereocenters. The summed E-state index contributed by atoms with van der Waals surface area (Å²) in [6.07, 6.45) is 33.2. The van der Waals surface area contributed by atoms with Gasteiger partial charge in [0.15, 0.2) is 0 Å². The van der Waals surface area contributed by atoms with Crippen molar-refractivity contribution in [3.8, 4) is 0 Å². The third-order valence-corrected chi connectivity index (χ3v) is 11.2. The number of hydrogen-bond acceptors (Lipinski definition) is 8. The first kappa shape index (κ1) is 49.8. The van der Waals surface area contributed by atoms with Crippen molar-refractivity contribution >= 4 is 34.5 Å². The number of nitrogens with zero attached hydrogens (tertiary/aromatic N) is 5. The summed E-state index contributed by atoms with van der Waals surface area (Å²) < 4.78 is 0. The van der Waals surface area contributed by atoms with Crippen molar-refractivity contribution in [3.05, 3.63) is 83.2 Å². The van der Waals surface area contributed by atoms with Crippen molar-refractivity contribution in [1.29, 1.82) is 0 Å². The normalized spacial score (nSPS) is 18.6. The first-order chi connectivity index (χ1) is 25.3. The van der Waals surface area contributed by atoms with Gasteiger partial charge in [0.25, 0.3) is 0 Å². The van der Waals surface area contributed by atoms with Gasteiger partial charge in [0.2, 0.25) is 6.15 Å². The first-order valence-corrected chi connectivity index (χ1v) is 19.8. The van der Waals surface area contributed by atoms with Crippen LogP contribution >= 0.6 is 0 Å². The van der Waals surface area contributed by atoms with E-state index in [0.717, 1.165) is 24.6 Å². The quantitative estimate of drug-likeness (QED) is 0.0888. The number of hydrogen-bond donors (Lipinski definition) is 2. The first-order valence-electron chi connectivity index (χ1n) is 19.8. The zero-order valence-corrected chi connectivity index (χ0v) is 34.4. The van der Waals surface area contributed by atoms with Gasteiger partial charge >= 0.3 is 16.8 Å². The predicted molar refractivity (Wildman–Crippen MR) is 226 cm³/mol. The second-order valence-electron chi connectivity index (χ2n) is 14.5. The van der Waals surface area contributed by atoms with Gasteiger partial charge in [0, 0.05) is 12.8 Å². The third-order valence-electron chi connectivity index (χ3n) is 11.2. The van der Waals surface area contributed by atoms with E-state index in [9.17, 15) is 10.4 Å². The van der Waals surface area contributed by atoms with E-state index in [1.54, 1.807) is 11.7 Å². The standard InChI is InChI=1S/C24H37B.C5H6N.C5H11.2C4H8N2O2.Co/c1-5-13-21(14-6-1)25(22-15-7-2-8-16-22,23-17-9-3-10-18-23)24-19-11-4-12-20-24;1-2-4-6-5-3-1;1-3-5-4-2;2*1-3(5-7)4(2)6-8;/h1,5-6,13-14,22-23H,2-4,7-12,15-20H2;1-4H,5H2;1,3-5H2,2H3;2*7-8H,1-2H3;/q;2*-1;;;+3/p-2/b;;;2*5-3+,6-4+;. The minimum absolute atomic E-state index is 0. The molecule has 4 aliphatic rings. The van der Waals surface area contributed by atoms with Crippen LogP contribution in [0.5, 0.6) is 0 Å². The molecule has 1 aromatic carbocycles. The zero-order chi connectivity index (χ0) is 38.5. The maximum absolute atomic E-state index is 9.63. The van der Waals surface area contributed by atoms with Crippen LogP contribution in [0.25, 0.3) is 5.32 Å². The average molecular weight is 777 g/mol. The van der Waals surface area contributed by atoms with Crippen molar-refractivity contribution in [2.24, 2.45) is 20.6 Å². The van der Waals surface area contributed by atoms with Gasteiger partial charge in [-0.25, -0.2) is 0 Å². The fraction of sp³-hybridized carbons (Fsp3) is 0.619. The maximum Gasteiger partial charge on any atom is 3.00 e. The Balaban J connectivity index is 0.000000791. The Morgan fingerprint density at radius 1 is 0.755 bits per heavy atom. The largest absolute Gasteiger partial charge is 3.00 e. The molecule has 0 amide bonds. The van der Waals surface area contributed by atoms with E-state index < -0.39 is 6.15 Å². The summed E-state index contributed by atoms with van der Waals surface area (Å²) in [6.45, 7) is 12.6. The van der Waals surface area contributed by atoms with E-state index in [1.807, 2.05) is 24.0 Å². The van der Waals surface area contributed by atoms with Gasteiger partial charge in [-0.2, -0.15) is 18.1 Å². The Morgan fingerprint density at radius 3 is 1.51 bits per heavy atom. The summed E-state index contributed by atoms with van der Waals surface area (Å²) in [5.41, 5.74) is 2.67. The minimum Gasteiger partial charge on any atom is -0.792 e. The topological polar surface area (TPSA) is 150 Å². The Morgan fingerprint density at radius 2 is 1.23 bits per heavy atom. The van der Waals surface area contributed by atoms with Gasteiger partial charge in [-0.05, 0) is 47.0 Å². The third kappa shape index (κ3) is 18.1. The van der Waals surface area contributed by atoms with E-state index in [0.29, 0.717) is 0 Å². The molecule has 0 aromatic heterocycles. The van der Waals surface area contributed by atoms with E-state index in [1.165, 1.54) is 137 Å². The fourth-order valence-electron chi connectivity index (χ4n) is 8.31. The molecule has 1 aliphatic heterocycles. The Labute approximate surface area is 332 Å². The predicted octanol–water partition coefficient (Wildman–Crippen LogP) is 12.1. The second kappa shape index (κ2) is 31.2. The number of allylic oxidation sites excluding steroid dienone is 2. The molecule has 0 unspecified atom stereocenters. The summed E-state index contributed by atoms with van der Waals surface area (Å²) >= 11 is 0. The molecule has 5 rings (SSSR count). The molecule has 0 bridgehead atoms. The Hall–Kier alpha value is -3.18. The molecule has 1 heterocycles. The van der Waals surface area contributed by atoms with Crippen LogP contribution < -0.4 is 5.46 Å². The molecule has 53 heavy (non-hydrogen) atoms. The maximum atomic E-state index is 9.63. The summed E-state index contributed by atoms with van der Waals surface area (Å²) in [7, 11) is 0. The average Bonchev–Trinajstić information content (AvgIpc) is 3.23. The van der Waals surface area contributed by atoms with Crippen molar-refractivity contribution in [2.75, 3.05) is 6.54 Å². The van der Waals surface area contributed by atoms with Crippen molar-refractivity contribution in [3.63, 3.8) is 0 Å². The molecule has 298 valence electrons. The molecule has 3 saturated carbocycles. The van der Waals surface area contributed by atoms with Gasteiger partial charge in [-0.1, -0.05) is 137 Å². The molecule has 3 fully saturated rings. The second-order valence-corrected chi connectivity index (χ2v) is 14.5. The van der Waals surface area contributed by atoms with Gasteiger partial charge < -0.3 is 43.4 Å². The summed E-state index contributed by atoms with van der Waals surface area (Å²) in [6, 6.07) is 12.0. The van der Waals surface area contributed by atoms with Gasteiger partial charge in [0.05, 0.1) is 22.8 Å². The number of oxime groups is 2. The molecule has 0 saturated heterocycles. The number of unbranched alkanes of at least 4 members (excludes halogenated alkanes) is 2. The van der Waals surface area contributed by atoms with E-state index in [-0.39, 0.29) is 39.6 Å². The van der Waals surface area contributed by atoms with Crippen LogP contribution in [-0.4, -0.2) is 46.0 Å². The summed E-state index contributed by atoms with van der Waals surface area (Å²) in [4.78, 5) is 0. The Bertz CT molecular complexity index is 1110. The van der Waals surface area contributed by atoms with Crippen molar-refractivity contribution in [2.45, 2.75) is 162 Å². The zero-order valence-electron chi connectivity index (χ0n) is 33.4. The van der Waals surface area contributed by atoms with E-state index >= 15 is 0 Å². The van der Waals surface area contributed by atoms with Gasteiger partial charge in [0.1, 0.15) is 0 Å². The van der Waals surface area contributed by atoms with Crippen LogP contribution in [-0.2, 0) is 16.8 Å². The monoisotopic (exact) mass is 776 g/mol. The minimum atomic E-state index is -0.468. The van der Waals surface area contributed by atoms with Crippen LogP contribution in [0.15, 0.2) is 75.4 Å². The molecular weight excluding hydrogens is 708 g/mol. The molecule has 0 radical (unpaired) electrons. The van der Waals surface area contributed by atoms with Gasteiger partial charge in [-0.3, -0.25) is 0 Å². The molecule has 3 aliphatic carbocycles. The molecule has 1 aromatic rings. The van der Waals surface area contributed by atoms with Crippen molar-refractivity contribution in [1.82, 2.24) is 0 Å². The van der Waals surface area contributed by atoms with Crippen LogP contribution in [0.3, 0.4) is 0 Å². The van der Waals surface area contributed by atoms with E-state index in [2.05, 4.69) is 70.1 Å². The number of rotatable bonds is 8. The van der Waals surface area contributed by atoms with E-state index in [4.69, 9.17) is 10.4 Å². The van der Waals surface area contributed by atoms with Gasteiger partial charge in [-0.15, -0.1) is 30.1 Å². The molecule has 0 spiro atoms. The Kier molecular flexibility index (Phi) is 29.3. The molecular formula is C42H68BCoN5O4-. The molecule has 11 heteroatoms. The SMILES string of the molecule is C1=CC[N-]C=C1.CC(=N\[O-])/C(C)=N/O.CC(=N\[O-])/C(C)=N/O.[CH2-]CCCC.[Co+3].c1ccc([B-]([C+]2CCCCC2)(C2CCCCC2)C2CCCCC2)cc1. The van der Waals surface area contributed by atoms with Crippen LogP contribution in [0.4, 0.5) is 0 Å². The van der Waals surface area contributed by atoms with Crippen LogP contribution in [0, 0.1) is 23.2 Å². The van der Waals surface area contributed by atoms with Crippen LogP contribution in [0.1, 0.15) is 150 Å². The summed E-state index contributed by atoms with van der Waals surface area (Å²) in [5.74, 6) is 4.00. The molecule has 2 N–H and O–H groups in total. The fourth-order valence-corrected chi connectivity index (χ4v) is 8.31.